The van der Waals surface area contributed by atoms with Crippen molar-refractivity contribution in [2.75, 3.05) is 18.9 Å². The van der Waals surface area contributed by atoms with Crippen molar-refractivity contribution in [3.63, 3.8) is 0 Å². The highest BCUT2D eigenvalue weighted by Gasteiger charge is 2.45. The van der Waals surface area contributed by atoms with Crippen LogP contribution in [0.3, 0.4) is 0 Å². The maximum atomic E-state index is 14.4. The number of benzene rings is 1. The Kier molecular flexibility index (Phi) is 6.43. The number of aromatic nitrogens is 4. The molecule has 2 aromatic heterocycles. The molecule has 0 aliphatic carbocycles. The van der Waals surface area contributed by atoms with Crippen LogP contribution in [0.25, 0.3) is 11.2 Å². The lowest BCUT2D eigenvalue weighted by atomic mass is 10.1. The van der Waals surface area contributed by atoms with Crippen LogP contribution in [0.4, 0.5) is 10.2 Å². The highest BCUT2D eigenvalue weighted by atomic mass is 35.5. The maximum Gasteiger partial charge on any atom is 0.333 e. The summed E-state index contributed by atoms with van der Waals surface area (Å²) in [5.74, 6) is -0.356. The van der Waals surface area contributed by atoms with E-state index in [2.05, 4.69) is 15.0 Å². The lowest BCUT2D eigenvalue weighted by molar-refractivity contribution is -0.0530. The van der Waals surface area contributed by atoms with Crippen molar-refractivity contribution in [1.82, 2.24) is 19.5 Å². The molecule has 4 N–H and O–H groups in total. The lowest BCUT2D eigenvalue weighted by Crippen LogP contribution is -2.33. The number of imidazole rings is 1. The average molecular weight is 500 g/mol. The molecule has 0 saturated carbocycles. The van der Waals surface area contributed by atoms with Gasteiger partial charge in [-0.15, -0.1) is 0 Å². The van der Waals surface area contributed by atoms with Gasteiger partial charge in [-0.3, -0.25) is 4.57 Å². The molecule has 14 heteroatoms. The van der Waals surface area contributed by atoms with Crippen molar-refractivity contribution in [2.45, 2.75) is 37.1 Å². The summed E-state index contributed by atoms with van der Waals surface area (Å²) in [6.07, 6.45) is -1.87. The summed E-state index contributed by atoms with van der Waals surface area (Å²) in [6, 6.07) is 4.70. The topological polar surface area (TPSA) is 147 Å². The van der Waals surface area contributed by atoms with Crippen LogP contribution in [0.2, 0.25) is 5.02 Å². The van der Waals surface area contributed by atoms with Crippen LogP contribution in [0.15, 0.2) is 30.9 Å². The van der Waals surface area contributed by atoms with Gasteiger partial charge in [0.2, 0.25) is 0 Å². The van der Waals surface area contributed by atoms with Gasteiger partial charge in [0.15, 0.2) is 17.7 Å². The zero-order valence-corrected chi connectivity index (χ0v) is 18.6. The van der Waals surface area contributed by atoms with Crippen LogP contribution in [0.1, 0.15) is 24.3 Å². The van der Waals surface area contributed by atoms with E-state index in [0.29, 0.717) is 29.8 Å². The summed E-state index contributed by atoms with van der Waals surface area (Å²) in [4.78, 5) is 12.2. The van der Waals surface area contributed by atoms with Crippen molar-refractivity contribution >= 4 is 37.2 Å². The lowest BCUT2D eigenvalue weighted by Gasteiger charge is -2.29. The molecule has 2 aliphatic heterocycles. The molecule has 2 fully saturated rings. The number of ether oxygens (including phenoxy) is 1. The summed E-state index contributed by atoms with van der Waals surface area (Å²) >= 11 is 5.87. The number of nitrogens with zero attached hydrogens (tertiary/aromatic N) is 4. The number of fused-ring (bicyclic) bond motifs is 1. The minimum atomic E-state index is -1.84. The van der Waals surface area contributed by atoms with Gasteiger partial charge in [0.05, 0.1) is 30.7 Å². The van der Waals surface area contributed by atoms with Gasteiger partial charge in [-0.1, -0.05) is 23.7 Å². The van der Waals surface area contributed by atoms with E-state index in [0.717, 1.165) is 0 Å². The third-order valence-electron chi connectivity index (χ3n) is 5.46. The fraction of sp³-hybridized carbons (Fsp3) is 0.421. The van der Waals surface area contributed by atoms with Gasteiger partial charge < -0.3 is 34.3 Å². The quantitative estimate of drug-likeness (QED) is 0.446. The number of anilines is 1. The average Bonchev–Trinajstić information content (AvgIpc) is 3.37. The molecule has 2 unspecified atom stereocenters. The van der Waals surface area contributed by atoms with Gasteiger partial charge in [0.25, 0.3) is 0 Å². The molecule has 2 aliphatic rings. The first-order chi connectivity index (χ1) is 15.9. The first kappa shape index (κ1) is 22.8. The zero-order chi connectivity index (χ0) is 23.1. The van der Waals surface area contributed by atoms with Crippen LogP contribution < -0.4 is 5.73 Å². The molecular formula is C19H20ClFN5O6P. The smallest absolute Gasteiger partial charge is 0.333 e. The number of aliphatic hydroxyl groups is 2. The Bertz CT molecular complexity index is 1160. The second kappa shape index (κ2) is 9.32. The summed E-state index contributed by atoms with van der Waals surface area (Å²) in [6.45, 7) is 0.165. The Morgan fingerprint density at radius 3 is 2.97 bits per heavy atom. The van der Waals surface area contributed by atoms with Crippen molar-refractivity contribution in [1.29, 1.82) is 0 Å². The van der Waals surface area contributed by atoms with E-state index in [-0.39, 0.29) is 17.4 Å². The van der Waals surface area contributed by atoms with Gasteiger partial charge in [-0.05, 0) is 6.07 Å². The second-order valence-electron chi connectivity index (χ2n) is 7.51. The molecule has 6 atom stereocenters. The van der Waals surface area contributed by atoms with Crippen molar-refractivity contribution in [3.05, 3.63) is 47.3 Å². The van der Waals surface area contributed by atoms with E-state index < -0.39 is 45.1 Å². The van der Waals surface area contributed by atoms with Crippen LogP contribution in [-0.4, -0.2) is 61.3 Å². The van der Waals surface area contributed by atoms with Gasteiger partial charge in [0, 0.05) is 12.0 Å². The molecular weight excluding hydrogens is 480 g/mol. The van der Waals surface area contributed by atoms with E-state index in [1.54, 1.807) is 12.1 Å². The largest absolute Gasteiger partial charge is 0.387 e. The Morgan fingerprint density at radius 2 is 2.12 bits per heavy atom. The molecule has 11 nitrogen and oxygen atoms in total. The molecule has 33 heavy (non-hydrogen) atoms. The SMILES string of the molecule is Nc1ncnc2c1ncn2[C@@H]1O[C@H](COP2OCCC(c3cccc(Cl)c3F)O2)[C@@H](O)[C@H]1O. The fourth-order valence-corrected chi connectivity index (χ4v) is 5.09. The zero-order valence-electron chi connectivity index (χ0n) is 17.0. The standard InChI is InChI=1S/C19H20ClFN5O6P/c20-10-3-1-2-9(13(10)21)11-4-5-29-33(32-11)30-6-12-15(27)16(28)19(31-12)26-8-25-14-17(22)23-7-24-18(14)26/h1-3,7-8,11-12,15-16,19,27-28H,4-6H2,(H2,22,23,24)/t11?,12-,15-,16-,19-,33?/m1/s1. The summed E-state index contributed by atoms with van der Waals surface area (Å²) in [5.41, 5.74) is 6.84. The fourth-order valence-electron chi connectivity index (χ4n) is 3.76. The minimum Gasteiger partial charge on any atom is -0.387 e. The number of hydrogen-bond acceptors (Lipinski definition) is 10. The van der Waals surface area contributed by atoms with E-state index in [9.17, 15) is 14.6 Å². The number of rotatable bonds is 5. The van der Waals surface area contributed by atoms with Gasteiger partial charge in [0.1, 0.15) is 36.0 Å². The van der Waals surface area contributed by atoms with E-state index >= 15 is 0 Å². The Morgan fingerprint density at radius 1 is 1.27 bits per heavy atom. The number of halogens is 2. The number of hydrogen-bond donors (Lipinski definition) is 3. The normalized spacial score (nSPS) is 30.2. The van der Waals surface area contributed by atoms with Gasteiger partial charge >= 0.3 is 8.60 Å². The predicted octanol–water partition coefficient (Wildman–Crippen LogP) is 2.24. The van der Waals surface area contributed by atoms with Gasteiger partial charge in [-0.25, -0.2) is 19.3 Å². The Balaban J connectivity index is 1.24. The molecule has 5 rings (SSSR count). The first-order valence-electron chi connectivity index (χ1n) is 10.0. The van der Waals surface area contributed by atoms with Crippen LogP contribution in [0, 0.1) is 5.82 Å². The molecule has 0 bridgehead atoms. The molecule has 2 saturated heterocycles. The highest BCUT2D eigenvalue weighted by Crippen LogP contribution is 2.50. The second-order valence-corrected chi connectivity index (χ2v) is 9.09. The Hall–Kier alpha value is -2.02. The number of nitrogen functional groups attached to an aromatic ring is 1. The summed E-state index contributed by atoms with van der Waals surface area (Å²) < 4.78 is 38.6. The van der Waals surface area contributed by atoms with Crippen molar-refractivity contribution in [2.24, 2.45) is 0 Å². The third-order valence-corrected chi connectivity index (χ3v) is 6.93. The highest BCUT2D eigenvalue weighted by molar-refractivity contribution is 7.41. The molecule has 176 valence electrons. The maximum absolute atomic E-state index is 14.4. The van der Waals surface area contributed by atoms with Crippen LogP contribution in [-0.2, 0) is 18.3 Å². The van der Waals surface area contributed by atoms with E-state index in [4.69, 9.17) is 35.6 Å². The molecule has 0 spiro atoms. The van der Waals surface area contributed by atoms with E-state index in [1.807, 2.05) is 0 Å². The number of nitrogens with two attached hydrogens (primary N) is 1. The van der Waals surface area contributed by atoms with Crippen LogP contribution in [0.5, 0.6) is 0 Å². The molecule has 1 aromatic carbocycles. The van der Waals surface area contributed by atoms with Crippen LogP contribution >= 0.6 is 20.2 Å². The summed E-state index contributed by atoms with van der Waals surface area (Å²) in [7, 11) is -1.84. The summed E-state index contributed by atoms with van der Waals surface area (Å²) in [5, 5.41) is 21.1. The van der Waals surface area contributed by atoms with Crippen molar-refractivity contribution in [3.8, 4) is 0 Å². The molecule has 3 aromatic rings. The van der Waals surface area contributed by atoms with Crippen molar-refractivity contribution < 1.29 is 32.9 Å². The monoisotopic (exact) mass is 499 g/mol. The molecule has 0 radical (unpaired) electrons. The Labute approximate surface area is 193 Å². The van der Waals surface area contributed by atoms with E-state index in [1.165, 1.54) is 23.3 Å². The predicted molar refractivity (Wildman–Crippen MR) is 114 cm³/mol. The minimum absolute atomic E-state index is 0.00870. The first-order valence-corrected chi connectivity index (χ1v) is 11.5. The third kappa shape index (κ3) is 4.29. The number of aliphatic hydroxyl groups excluding tert-OH is 2. The molecule has 4 heterocycles. The van der Waals surface area contributed by atoms with Gasteiger partial charge in [-0.2, -0.15) is 0 Å². The molecule has 0 amide bonds.